The average molecular weight is 341 g/mol. The summed E-state index contributed by atoms with van der Waals surface area (Å²) in [5, 5.41) is 6.03. The molecule has 24 heavy (non-hydrogen) atoms. The largest absolute Gasteiger partial charge is 0.465 e. The van der Waals surface area contributed by atoms with Gasteiger partial charge in [0.1, 0.15) is 5.76 Å². The van der Waals surface area contributed by atoms with E-state index < -0.39 is 0 Å². The molecule has 124 valence electrons. The maximum absolute atomic E-state index is 11.9. The first kappa shape index (κ1) is 16.3. The fourth-order valence-corrected chi connectivity index (χ4v) is 2.87. The third-order valence-corrected chi connectivity index (χ3v) is 3.98. The Hall–Kier alpha value is -2.60. The van der Waals surface area contributed by atoms with E-state index in [9.17, 15) is 4.79 Å². The Bertz CT molecular complexity index is 734. The fraction of sp³-hybridized carbons (Fsp3) is 0.222. The molecule has 0 spiro atoms. The summed E-state index contributed by atoms with van der Waals surface area (Å²) in [4.78, 5) is 14.2. The zero-order valence-electron chi connectivity index (χ0n) is 13.2. The minimum atomic E-state index is -0.303. The van der Waals surface area contributed by atoms with Gasteiger partial charge in [0.2, 0.25) is 5.91 Å². The first-order chi connectivity index (χ1) is 11.7. The van der Waals surface area contributed by atoms with Crippen molar-refractivity contribution in [2.45, 2.75) is 12.8 Å². The molecule has 2 N–H and O–H groups in total. The van der Waals surface area contributed by atoms with Crippen molar-refractivity contribution in [3.05, 3.63) is 54.5 Å². The molecule has 1 aliphatic heterocycles. The van der Waals surface area contributed by atoms with Gasteiger partial charge in [-0.25, -0.2) is 0 Å². The number of nitrogens with one attached hydrogen (secondary N) is 2. The quantitative estimate of drug-likeness (QED) is 0.659. The van der Waals surface area contributed by atoms with Crippen LogP contribution in [0.3, 0.4) is 0 Å². The fourth-order valence-electron chi connectivity index (χ4n) is 2.66. The first-order valence-corrected chi connectivity index (χ1v) is 8.31. The molecule has 0 radical (unpaired) electrons. The van der Waals surface area contributed by atoms with Crippen molar-refractivity contribution >= 4 is 40.7 Å². The van der Waals surface area contributed by atoms with E-state index in [-0.39, 0.29) is 11.0 Å². The molecule has 1 aromatic heterocycles. The Morgan fingerprint density at radius 3 is 2.71 bits per heavy atom. The number of para-hydroxylation sites is 2. The minimum Gasteiger partial charge on any atom is -0.465 e. The van der Waals surface area contributed by atoms with E-state index >= 15 is 0 Å². The Morgan fingerprint density at radius 2 is 1.96 bits per heavy atom. The van der Waals surface area contributed by atoms with E-state index in [2.05, 4.69) is 21.6 Å². The van der Waals surface area contributed by atoms with Crippen LogP contribution in [0.4, 0.5) is 11.4 Å². The normalized spacial score (nSPS) is 14.1. The van der Waals surface area contributed by atoms with Crippen molar-refractivity contribution in [3.8, 4) is 0 Å². The lowest BCUT2D eigenvalue weighted by Crippen LogP contribution is -2.33. The number of anilines is 2. The average Bonchev–Trinajstić information content (AvgIpc) is 3.27. The molecule has 3 rings (SSSR count). The number of carbonyl (C=O) groups excluding carboxylic acids is 1. The summed E-state index contributed by atoms with van der Waals surface area (Å²) < 4.78 is 5.14. The van der Waals surface area contributed by atoms with E-state index in [1.807, 2.05) is 18.2 Å². The summed E-state index contributed by atoms with van der Waals surface area (Å²) in [7, 11) is 0. The van der Waals surface area contributed by atoms with Crippen LogP contribution in [-0.2, 0) is 4.79 Å². The van der Waals surface area contributed by atoms with Crippen LogP contribution in [0, 0.1) is 0 Å². The van der Waals surface area contributed by atoms with Crippen molar-refractivity contribution in [2.75, 3.05) is 23.3 Å². The monoisotopic (exact) mass is 341 g/mol. The highest BCUT2D eigenvalue weighted by Gasteiger charge is 2.16. The van der Waals surface area contributed by atoms with Gasteiger partial charge >= 0.3 is 0 Å². The van der Waals surface area contributed by atoms with Gasteiger partial charge in [0.25, 0.3) is 0 Å². The van der Waals surface area contributed by atoms with Crippen LogP contribution in [0.15, 0.2) is 53.2 Å². The van der Waals surface area contributed by atoms with Gasteiger partial charge in [0.15, 0.2) is 5.11 Å². The lowest BCUT2D eigenvalue weighted by Gasteiger charge is -2.22. The predicted molar refractivity (Wildman–Crippen MR) is 100.0 cm³/mol. The molecule has 2 heterocycles. The van der Waals surface area contributed by atoms with Crippen LogP contribution in [0.5, 0.6) is 0 Å². The number of hydrogen-bond donors (Lipinski definition) is 2. The number of benzene rings is 1. The molecule has 1 saturated heterocycles. The van der Waals surface area contributed by atoms with Gasteiger partial charge in [-0.15, -0.1) is 0 Å². The van der Waals surface area contributed by atoms with Gasteiger partial charge in [0.05, 0.1) is 17.6 Å². The van der Waals surface area contributed by atoms with Crippen LogP contribution in [-0.4, -0.2) is 24.1 Å². The molecule has 1 fully saturated rings. The zero-order chi connectivity index (χ0) is 16.8. The Morgan fingerprint density at radius 1 is 1.17 bits per heavy atom. The molecule has 2 aromatic rings. The molecule has 1 amide bonds. The molecule has 0 atom stereocenters. The first-order valence-electron chi connectivity index (χ1n) is 7.90. The van der Waals surface area contributed by atoms with Crippen molar-refractivity contribution in [1.82, 2.24) is 5.32 Å². The number of furan rings is 1. The van der Waals surface area contributed by atoms with Crippen molar-refractivity contribution in [2.24, 2.45) is 0 Å². The van der Waals surface area contributed by atoms with Crippen LogP contribution in [0.2, 0.25) is 0 Å². The molecule has 1 aliphatic rings. The summed E-state index contributed by atoms with van der Waals surface area (Å²) in [6.45, 7) is 2.09. The maximum Gasteiger partial charge on any atom is 0.250 e. The van der Waals surface area contributed by atoms with E-state index in [1.165, 1.54) is 18.9 Å². The molecular weight excluding hydrogens is 322 g/mol. The summed E-state index contributed by atoms with van der Waals surface area (Å²) in [6.07, 6.45) is 6.94. The second kappa shape index (κ2) is 7.79. The summed E-state index contributed by atoms with van der Waals surface area (Å²) in [5.74, 6) is 0.311. The Balaban J connectivity index is 1.59. The topological polar surface area (TPSA) is 57.5 Å². The minimum absolute atomic E-state index is 0.274. The SMILES string of the molecule is O=C(/C=C/c1ccco1)NC(=S)Nc1ccccc1N1CCCC1. The highest BCUT2D eigenvalue weighted by molar-refractivity contribution is 7.80. The molecule has 1 aromatic carbocycles. The van der Waals surface area contributed by atoms with Crippen molar-refractivity contribution < 1.29 is 9.21 Å². The zero-order valence-corrected chi connectivity index (χ0v) is 14.0. The van der Waals surface area contributed by atoms with Gasteiger partial charge in [-0.2, -0.15) is 0 Å². The predicted octanol–water partition coefficient (Wildman–Crippen LogP) is 3.41. The number of hydrogen-bond acceptors (Lipinski definition) is 4. The number of amides is 1. The van der Waals surface area contributed by atoms with Gasteiger partial charge in [-0.1, -0.05) is 12.1 Å². The molecule has 0 bridgehead atoms. The lowest BCUT2D eigenvalue weighted by molar-refractivity contribution is -0.115. The molecular formula is C18H19N3O2S. The molecule has 0 unspecified atom stereocenters. The number of thiocarbonyl (C=S) groups is 1. The van der Waals surface area contributed by atoms with E-state index in [0.717, 1.165) is 24.5 Å². The molecule has 0 aliphatic carbocycles. The number of rotatable bonds is 4. The Kier molecular flexibility index (Phi) is 5.28. The van der Waals surface area contributed by atoms with Crippen LogP contribution in [0.25, 0.3) is 6.08 Å². The molecule has 0 saturated carbocycles. The van der Waals surface area contributed by atoms with Crippen LogP contribution in [0.1, 0.15) is 18.6 Å². The van der Waals surface area contributed by atoms with Gasteiger partial charge in [0, 0.05) is 19.2 Å². The molecule has 6 heteroatoms. The van der Waals surface area contributed by atoms with E-state index in [1.54, 1.807) is 24.5 Å². The van der Waals surface area contributed by atoms with Gasteiger partial charge in [-0.3, -0.25) is 10.1 Å². The van der Waals surface area contributed by atoms with Gasteiger partial charge < -0.3 is 14.6 Å². The van der Waals surface area contributed by atoms with Crippen LogP contribution >= 0.6 is 12.2 Å². The standard InChI is InChI=1S/C18H19N3O2S/c22-17(10-9-14-6-5-13-23-14)20-18(24)19-15-7-1-2-8-16(15)21-11-3-4-12-21/h1-2,5-10,13H,3-4,11-12H2,(H2,19,20,22,24)/b10-9+. The number of carbonyl (C=O) groups is 1. The van der Waals surface area contributed by atoms with E-state index in [0.29, 0.717) is 5.76 Å². The smallest absolute Gasteiger partial charge is 0.250 e. The lowest BCUT2D eigenvalue weighted by atomic mass is 10.2. The highest BCUT2D eigenvalue weighted by Crippen LogP contribution is 2.28. The van der Waals surface area contributed by atoms with E-state index in [4.69, 9.17) is 16.6 Å². The van der Waals surface area contributed by atoms with Crippen LogP contribution < -0.4 is 15.5 Å². The van der Waals surface area contributed by atoms with Crippen molar-refractivity contribution in [1.29, 1.82) is 0 Å². The third kappa shape index (κ3) is 4.23. The third-order valence-electron chi connectivity index (χ3n) is 3.78. The summed E-state index contributed by atoms with van der Waals surface area (Å²) >= 11 is 5.24. The Labute approximate surface area is 146 Å². The summed E-state index contributed by atoms with van der Waals surface area (Å²) in [5.41, 5.74) is 2.01. The maximum atomic E-state index is 11.9. The summed E-state index contributed by atoms with van der Waals surface area (Å²) in [6, 6.07) is 11.5. The van der Waals surface area contributed by atoms with Crippen molar-refractivity contribution in [3.63, 3.8) is 0 Å². The molecule has 5 nitrogen and oxygen atoms in total. The number of nitrogens with zero attached hydrogens (tertiary/aromatic N) is 1. The highest BCUT2D eigenvalue weighted by atomic mass is 32.1. The van der Waals surface area contributed by atoms with Gasteiger partial charge in [-0.05, 0) is 55.4 Å². The second-order valence-corrected chi connectivity index (χ2v) is 5.91. The second-order valence-electron chi connectivity index (χ2n) is 5.50.